The van der Waals surface area contributed by atoms with Gasteiger partial charge in [-0.15, -0.1) is 0 Å². The first-order valence-electron chi connectivity index (χ1n) is 10.3. The van der Waals surface area contributed by atoms with Crippen LogP contribution in [0.1, 0.15) is 49.8 Å². The van der Waals surface area contributed by atoms with Crippen LogP contribution in [0.2, 0.25) is 0 Å². The predicted molar refractivity (Wildman–Crippen MR) is 115 cm³/mol. The lowest BCUT2D eigenvalue weighted by molar-refractivity contribution is -0.137. The van der Waals surface area contributed by atoms with Crippen LogP contribution >= 0.6 is 0 Å². The highest BCUT2D eigenvalue weighted by Crippen LogP contribution is 2.43. The monoisotopic (exact) mass is 462 g/mol. The maximum absolute atomic E-state index is 13.3. The Morgan fingerprint density at radius 3 is 2.47 bits per heavy atom. The molecule has 2 aromatic heterocycles. The van der Waals surface area contributed by atoms with Crippen LogP contribution in [0.3, 0.4) is 0 Å². The van der Waals surface area contributed by atoms with E-state index in [2.05, 4.69) is 15.8 Å². The molecule has 4 rings (SSSR count). The molecule has 1 aliphatic carbocycles. The zero-order chi connectivity index (χ0) is 23.1. The normalized spacial score (nSPS) is 14.8. The number of benzene rings is 1. The molecule has 1 saturated carbocycles. The molecule has 3 aromatic rings. The summed E-state index contributed by atoms with van der Waals surface area (Å²) < 4.78 is 68.2. The van der Waals surface area contributed by atoms with E-state index in [1.165, 1.54) is 0 Å². The number of fused-ring (bicyclic) bond motifs is 1. The van der Waals surface area contributed by atoms with E-state index < -0.39 is 21.8 Å². The summed E-state index contributed by atoms with van der Waals surface area (Å²) in [7, 11) is -3.45. The second-order valence-corrected chi connectivity index (χ2v) is 9.72. The Bertz CT molecular complexity index is 1300. The molecular formula is C22H21F3N4O2S. The summed E-state index contributed by atoms with van der Waals surface area (Å²) in [6, 6.07) is 9.59. The molecule has 1 fully saturated rings. The van der Waals surface area contributed by atoms with E-state index in [4.69, 9.17) is 0 Å². The lowest BCUT2D eigenvalue weighted by Crippen LogP contribution is -2.18. The van der Waals surface area contributed by atoms with Gasteiger partial charge >= 0.3 is 6.18 Å². The summed E-state index contributed by atoms with van der Waals surface area (Å²) >= 11 is 0. The second kappa shape index (κ2) is 8.13. The van der Waals surface area contributed by atoms with E-state index in [0.29, 0.717) is 29.0 Å². The largest absolute Gasteiger partial charge is 0.417 e. The van der Waals surface area contributed by atoms with Crippen LogP contribution in [0.5, 0.6) is 0 Å². The van der Waals surface area contributed by atoms with Gasteiger partial charge in [-0.1, -0.05) is 19.1 Å². The van der Waals surface area contributed by atoms with Crippen molar-refractivity contribution in [3.8, 4) is 17.3 Å². The number of alkyl halides is 3. The van der Waals surface area contributed by atoms with Crippen LogP contribution in [0.15, 0.2) is 36.5 Å². The maximum atomic E-state index is 13.3. The average molecular weight is 462 g/mol. The number of rotatable bonds is 6. The van der Waals surface area contributed by atoms with Gasteiger partial charge in [0, 0.05) is 23.3 Å². The Morgan fingerprint density at radius 2 is 1.94 bits per heavy atom. The van der Waals surface area contributed by atoms with Gasteiger partial charge in [0.25, 0.3) is 0 Å². The summed E-state index contributed by atoms with van der Waals surface area (Å²) in [4.78, 5) is 4.09. The van der Waals surface area contributed by atoms with Gasteiger partial charge in [0.1, 0.15) is 11.7 Å². The van der Waals surface area contributed by atoms with Crippen molar-refractivity contribution in [2.75, 3.05) is 10.5 Å². The molecule has 10 heteroatoms. The zero-order valence-electron chi connectivity index (χ0n) is 17.3. The van der Waals surface area contributed by atoms with Gasteiger partial charge in [-0.25, -0.2) is 13.4 Å². The fourth-order valence-electron chi connectivity index (χ4n) is 3.93. The van der Waals surface area contributed by atoms with Crippen molar-refractivity contribution in [3.05, 3.63) is 47.7 Å². The van der Waals surface area contributed by atoms with E-state index >= 15 is 0 Å². The first kappa shape index (κ1) is 22.1. The van der Waals surface area contributed by atoms with Gasteiger partial charge in [0.15, 0.2) is 0 Å². The number of sulfonamides is 1. The van der Waals surface area contributed by atoms with E-state index in [1.807, 2.05) is 4.57 Å². The number of hydrogen-bond donors (Lipinski definition) is 1. The van der Waals surface area contributed by atoms with Crippen LogP contribution in [-0.4, -0.2) is 23.7 Å². The van der Waals surface area contributed by atoms with Crippen molar-refractivity contribution in [2.24, 2.45) is 0 Å². The molecule has 168 valence electrons. The molecule has 0 amide bonds. The van der Waals surface area contributed by atoms with Crippen LogP contribution in [0.4, 0.5) is 18.9 Å². The first-order chi connectivity index (χ1) is 15.1. The van der Waals surface area contributed by atoms with Crippen molar-refractivity contribution in [1.82, 2.24) is 9.55 Å². The number of nitriles is 1. The molecule has 0 saturated heterocycles. The third kappa shape index (κ3) is 4.05. The second-order valence-electron chi connectivity index (χ2n) is 7.88. The molecule has 0 aliphatic heterocycles. The van der Waals surface area contributed by atoms with Crippen molar-refractivity contribution >= 4 is 26.7 Å². The summed E-state index contributed by atoms with van der Waals surface area (Å²) in [5, 5.41) is 10.0. The van der Waals surface area contributed by atoms with Crippen molar-refractivity contribution in [1.29, 1.82) is 5.26 Å². The average Bonchev–Trinajstić information content (AvgIpc) is 2.99. The third-order valence-corrected chi connectivity index (χ3v) is 7.12. The maximum Gasteiger partial charge on any atom is 0.417 e. The van der Waals surface area contributed by atoms with Gasteiger partial charge in [0.2, 0.25) is 10.0 Å². The van der Waals surface area contributed by atoms with Gasteiger partial charge in [-0.2, -0.15) is 18.4 Å². The van der Waals surface area contributed by atoms with Crippen molar-refractivity contribution in [2.45, 2.75) is 44.8 Å². The van der Waals surface area contributed by atoms with E-state index in [-0.39, 0.29) is 22.7 Å². The van der Waals surface area contributed by atoms with Gasteiger partial charge < -0.3 is 4.57 Å². The first-order valence-corrected chi connectivity index (χ1v) is 11.9. The van der Waals surface area contributed by atoms with Crippen LogP contribution in [-0.2, 0) is 16.2 Å². The molecule has 0 atom stereocenters. The number of hydrogen-bond acceptors (Lipinski definition) is 4. The van der Waals surface area contributed by atoms with Crippen LogP contribution in [0.25, 0.3) is 22.3 Å². The highest BCUT2D eigenvalue weighted by atomic mass is 32.2. The Hall–Kier alpha value is -3.06. The fourth-order valence-corrected chi connectivity index (χ4v) is 5.07. The summed E-state index contributed by atoms with van der Waals surface area (Å²) in [5.74, 6) is -0.00351. The Balaban J connectivity index is 1.85. The van der Waals surface area contributed by atoms with E-state index in [9.17, 15) is 26.9 Å². The standard InChI is InChI=1S/C22H21F3N4O2S/c1-2-10-32(30,31)28-16-8-6-14(7-9-16)20-19(12-26)18-11-15(22(23,24)25)13-27-21(18)29(20)17-4-3-5-17/h6-9,11,13,17,28H,2-5,10H2,1H3. The Kier molecular flexibility index (Phi) is 5.63. The summed E-state index contributed by atoms with van der Waals surface area (Å²) in [5.41, 5.74) is 1.07. The van der Waals surface area contributed by atoms with E-state index in [0.717, 1.165) is 31.5 Å². The summed E-state index contributed by atoms with van der Waals surface area (Å²) in [6.45, 7) is 1.77. The lowest BCUT2D eigenvalue weighted by atomic mass is 9.92. The number of nitrogens with zero attached hydrogens (tertiary/aromatic N) is 3. The Labute approximate surface area is 183 Å². The predicted octanol–water partition coefficient (Wildman–Crippen LogP) is 5.47. The number of aromatic nitrogens is 2. The molecule has 0 bridgehead atoms. The van der Waals surface area contributed by atoms with Gasteiger partial charge in [-0.05, 0) is 49.4 Å². The minimum Gasteiger partial charge on any atom is -0.321 e. The number of nitrogens with one attached hydrogen (secondary N) is 1. The van der Waals surface area contributed by atoms with Gasteiger partial charge in [-0.3, -0.25) is 4.72 Å². The molecule has 1 aromatic carbocycles. The van der Waals surface area contributed by atoms with Crippen LogP contribution in [0, 0.1) is 11.3 Å². The number of halogens is 3. The third-order valence-electron chi connectivity index (χ3n) is 5.63. The van der Waals surface area contributed by atoms with Gasteiger partial charge in [0.05, 0.1) is 22.6 Å². The van der Waals surface area contributed by atoms with Crippen LogP contribution < -0.4 is 4.72 Å². The molecular weight excluding hydrogens is 441 g/mol. The summed E-state index contributed by atoms with van der Waals surface area (Å²) in [6.07, 6.45) is -0.603. The number of anilines is 1. The fraction of sp³-hybridized carbons (Fsp3) is 0.364. The highest BCUT2D eigenvalue weighted by Gasteiger charge is 2.34. The molecule has 1 aliphatic rings. The smallest absolute Gasteiger partial charge is 0.321 e. The molecule has 32 heavy (non-hydrogen) atoms. The minimum atomic E-state index is -4.57. The SMILES string of the molecule is CCCS(=O)(=O)Nc1ccc(-c2c(C#N)c3cc(C(F)(F)F)cnc3n2C2CCC2)cc1. The molecule has 2 heterocycles. The molecule has 0 unspecified atom stereocenters. The Morgan fingerprint density at radius 1 is 1.25 bits per heavy atom. The topological polar surface area (TPSA) is 87.8 Å². The number of pyridine rings is 1. The molecule has 6 nitrogen and oxygen atoms in total. The van der Waals surface area contributed by atoms with E-state index in [1.54, 1.807) is 31.2 Å². The van der Waals surface area contributed by atoms with Crippen molar-refractivity contribution < 1.29 is 21.6 Å². The molecule has 0 spiro atoms. The highest BCUT2D eigenvalue weighted by molar-refractivity contribution is 7.92. The lowest BCUT2D eigenvalue weighted by Gasteiger charge is -2.29. The molecule has 0 radical (unpaired) electrons. The zero-order valence-corrected chi connectivity index (χ0v) is 18.1. The van der Waals surface area contributed by atoms with Crippen molar-refractivity contribution in [3.63, 3.8) is 0 Å². The minimum absolute atomic E-state index is 0.00351. The molecule has 1 N–H and O–H groups in total. The quantitative estimate of drug-likeness (QED) is 0.526.